The van der Waals surface area contributed by atoms with E-state index in [9.17, 15) is 14.4 Å². The van der Waals surface area contributed by atoms with Gasteiger partial charge in [-0.05, 0) is 53.1 Å². The van der Waals surface area contributed by atoms with Crippen LogP contribution < -0.4 is 0 Å². The van der Waals surface area contributed by atoms with E-state index in [1.54, 1.807) is 24.3 Å². The first kappa shape index (κ1) is 11.4. The Morgan fingerprint density at radius 2 is 1.43 bits per heavy atom. The van der Waals surface area contributed by atoms with Crippen molar-refractivity contribution < 1.29 is 19.2 Å². The number of hydroxylamine groups is 2. The highest BCUT2D eigenvalue weighted by Gasteiger charge is 3.10. The van der Waals surface area contributed by atoms with Gasteiger partial charge in [-0.25, -0.2) is 4.79 Å². The quantitative estimate of drug-likeness (QED) is 0.777. The van der Waals surface area contributed by atoms with E-state index in [0.29, 0.717) is 57.1 Å². The summed E-state index contributed by atoms with van der Waals surface area (Å²) in [6, 6.07) is 6.59. The van der Waals surface area contributed by atoms with Gasteiger partial charge in [0.1, 0.15) is 0 Å². The lowest BCUT2D eigenvalue weighted by Gasteiger charge is -3.10. The van der Waals surface area contributed by atoms with Crippen LogP contribution in [-0.4, -0.2) is 22.8 Å². The van der Waals surface area contributed by atoms with Crippen molar-refractivity contribution in [3.05, 3.63) is 35.4 Å². The molecule has 0 radical (unpaired) electrons. The Balaban J connectivity index is 1.20. The Morgan fingerprint density at radius 1 is 0.957 bits per heavy atom. The van der Waals surface area contributed by atoms with Gasteiger partial charge in [0, 0.05) is 0 Å². The van der Waals surface area contributed by atoms with Crippen LogP contribution in [0.2, 0.25) is 0 Å². The second-order valence-corrected chi connectivity index (χ2v) is 8.28. The Labute approximate surface area is 131 Å². The normalized spacial score (nSPS) is 54.0. The van der Waals surface area contributed by atoms with Crippen molar-refractivity contribution >= 4 is 17.8 Å². The zero-order valence-corrected chi connectivity index (χ0v) is 12.4. The number of imide groups is 1. The first-order valence-corrected chi connectivity index (χ1v) is 8.26. The summed E-state index contributed by atoms with van der Waals surface area (Å²) in [6.45, 7) is 2.36. The molecule has 7 aliphatic rings. The summed E-state index contributed by atoms with van der Waals surface area (Å²) in [5, 5.41) is 0.677. The third-order valence-electron chi connectivity index (χ3n) is 8.42. The highest BCUT2D eigenvalue weighted by molar-refractivity contribution is 6.21. The number of carbonyl (C=O) groups is 3. The predicted molar refractivity (Wildman–Crippen MR) is 74.5 cm³/mol. The standard InChI is InChI=1S/C18H13NO4/c1-17-8-11-9(17)13-10(17)12(8)18(11,13)16(22)23-19-14(20)6-4-2-3-5-7(6)15(19)21/h2-5,8-13H,1H3. The molecule has 5 nitrogen and oxygen atoms in total. The summed E-state index contributed by atoms with van der Waals surface area (Å²) in [5.41, 5.74) is 0.809. The van der Waals surface area contributed by atoms with E-state index in [2.05, 4.69) is 6.92 Å². The molecule has 0 spiro atoms. The fourth-order valence-corrected chi connectivity index (χ4v) is 7.89. The van der Waals surface area contributed by atoms with Crippen molar-refractivity contribution in [2.75, 3.05) is 0 Å². The first-order valence-electron chi connectivity index (χ1n) is 8.26. The second-order valence-electron chi connectivity index (χ2n) is 8.28. The zero-order valence-electron chi connectivity index (χ0n) is 12.4. The van der Waals surface area contributed by atoms with E-state index in [1.807, 2.05) is 0 Å². The molecular weight excluding hydrogens is 294 g/mol. The molecule has 1 aromatic rings. The number of rotatable bonds is 2. The summed E-state index contributed by atoms with van der Waals surface area (Å²) in [5.74, 6) is 2.13. The molecule has 6 aliphatic carbocycles. The van der Waals surface area contributed by atoms with Gasteiger partial charge in [-0.15, -0.1) is 0 Å². The molecule has 1 heterocycles. The molecule has 0 atom stereocenters. The van der Waals surface area contributed by atoms with E-state index in [1.165, 1.54) is 0 Å². The summed E-state index contributed by atoms with van der Waals surface area (Å²) in [4.78, 5) is 42.8. The van der Waals surface area contributed by atoms with Crippen LogP contribution in [0.25, 0.3) is 0 Å². The molecular formula is C18H13NO4. The maximum Gasteiger partial charge on any atom is 0.340 e. The number of hydrogen-bond donors (Lipinski definition) is 0. The van der Waals surface area contributed by atoms with Crippen LogP contribution in [0, 0.1) is 46.3 Å². The van der Waals surface area contributed by atoms with Gasteiger partial charge >= 0.3 is 5.97 Å². The molecule has 0 unspecified atom stereocenters. The van der Waals surface area contributed by atoms with E-state index in [-0.39, 0.29) is 11.4 Å². The molecule has 8 rings (SSSR count). The lowest BCUT2D eigenvalue weighted by molar-refractivity contribution is -0.639. The minimum absolute atomic E-state index is 0.312. The van der Waals surface area contributed by atoms with Gasteiger partial charge in [0.15, 0.2) is 0 Å². The van der Waals surface area contributed by atoms with Gasteiger partial charge in [-0.1, -0.05) is 24.1 Å². The monoisotopic (exact) mass is 307 g/mol. The molecule has 1 aromatic carbocycles. The van der Waals surface area contributed by atoms with Crippen molar-refractivity contribution in [1.82, 2.24) is 5.06 Å². The summed E-state index contributed by atoms with van der Waals surface area (Å²) in [7, 11) is 0. The number of hydrogen-bond acceptors (Lipinski definition) is 4. The predicted octanol–water partition coefficient (Wildman–Crippen LogP) is 1.50. The largest absolute Gasteiger partial charge is 0.340 e. The van der Waals surface area contributed by atoms with E-state index < -0.39 is 11.8 Å². The van der Waals surface area contributed by atoms with Crippen molar-refractivity contribution in [3.63, 3.8) is 0 Å². The maximum atomic E-state index is 12.8. The summed E-state index contributed by atoms with van der Waals surface area (Å²) < 4.78 is 0. The molecule has 114 valence electrons. The van der Waals surface area contributed by atoms with Crippen molar-refractivity contribution in [3.8, 4) is 0 Å². The molecule has 2 amide bonds. The summed E-state index contributed by atoms with van der Waals surface area (Å²) >= 11 is 0. The molecule has 23 heavy (non-hydrogen) atoms. The van der Waals surface area contributed by atoms with Gasteiger partial charge in [-0.2, -0.15) is 0 Å². The topological polar surface area (TPSA) is 63.7 Å². The number of fused-ring (bicyclic) bond motifs is 1. The van der Waals surface area contributed by atoms with Gasteiger partial charge in [-0.3, -0.25) is 9.59 Å². The molecule has 0 bridgehead atoms. The van der Waals surface area contributed by atoms with Crippen LogP contribution in [0.5, 0.6) is 0 Å². The second kappa shape index (κ2) is 2.72. The highest BCUT2D eigenvalue weighted by Crippen LogP contribution is 3.10. The van der Waals surface area contributed by atoms with Crippen LogP contribution in [0.3, 0.4) is 0 Å². The Hall–Kier alpha value is -2.17. The third kappa shape index (κ3) is 0.701. The molecule has 6 saturated carbocycles. The molecule has 6 fully saturated rings. The van der Waals surface area contributed by atoms with Gasteiger partial charge in [0.25, 0.3) is 11.8 Å². The zero-order chi connectivity index (χ0) is 15.5. The van der Waals surface area contributed by atoms with Crippen molar-refractivity contribution in [1.29, 1.82) is 0 Å². The number of carbonyl (C=O) groups excluding carboxylic acids is 3. The van der Waals surface area contributed by atoms with E-state index >= 15 is 0 Å². The lowest BCUT2D eigenvalue weighted by Crippen LogP contribution is -3.10. The maximum absolute atomic E-state index is 12.8. The first-order chi connectivity index (χ1) is 11.1. The smallest absolute Gasteiger partial charge is 0.329 e. The number of nitrogens with zero attached hydrogens (tertiary/aromatic N) is 1. The fourth-order valence-electron chi connectivity index (χ4n) is 7.89. The SMILES string of the molecule is CC12C3C4C1C1C2C3C41C(=O)ON1C(=O)c2ccccc2C1=O. The van der Waals surface area contributed by atoms with Crippen LogP contribution >= 0.6 is 0 Å². The molecule has 0 saturated heterocycles. The van der Waals surface area contributed by atoms with Gasteiger partial charge in [0.05, 0.1) is 16.5 Å². The van der Waals surface area contributed by atoms with Crippen molar-refractivity contribution in [2.24, 2.45) is 46.3 Å². The van der Waals surface area contributed by atoms with Crippen LogP contribution in [0.4, 0.5) is 0 Å². The lowest BCUT2D eigenvalue weighted by atomic mass is 8.92. The minimum Gasteiger partial charge on any atom is -0.329 e. The molecule has 1 aliphatic heterocycles. The Morgan fingerprint density at radius 3 is 1.91 bits per heavy atom. The number of benzene rings is 1. The van der Waals surface area contributed by atoms with Gasteiger partial charge < -0.3 is 4.84 Å². The fraction of sp³-hybridized carbons (Fsp3) is 0.500. The average molecular weight is 307 g/mol. The Bertz CT molecular complexity index is 813. The minimum atomic E-state index is -0.525. The molecule has 0 aromatic heterocycles. The third-order valence-corrected chi connectivity index (χ3v) is 8.42. The van der Waals surface area contributed by atoms with Crippen molar-refractivity contribution in [2.45, 2.75) is 6.92 Å². The van der Waals surface area contributed by atoms with E-state index in [4.69, 9.17) is 4.84 Å². The number of amides is 2. The summed E-state index contributed by atoms with van der Waals surface area (Å²) in [6.07, 6.45) is 0. The van der Waals surface area contributed by atoms with Crippen LogP contribution in [0.15, 0.2) is 24.3 Å². The van der Waals surface area contributed by atoms with Crippen LogP contribution in [-0.2, 0) is 9.63 Å². The highest BCUT2D eigenvalue weighted by atomic mass is 16.7. The Kier molecular flexibility index (Phi) is 1.35. The van der Waals surface area contributed by atoms with Crippen LogP contribution in [0.1, 0.15) is 27.6 Å². The van der Waals surface area contributed by atoms with Gasteiger partial charge in [0.2, 0.25) is 0 Å². The van der Waals surface area contributed by atoms with E-state index in [0.717, 1.165) is 0 Å². The average Bonchev–Trinajstić information content (AvgIpc) is 2.81. The molecule has 5 heteroatoms. The molecule has 0 N–H and O–H groups in total.